The Labute approximate surface area is 108 Å². The second-order valence-electron chi connectivity index (χ2n) is 4.51. The highest BCUT2D eigenvalue weighted by Gasteiger charge is 2.52. The summed E-state index contributed by atoms with van der Waals surface area (Å²) in [5.74, 6) is -0.516. The summed E-state index contributed by atoms with van der Waals surface area (Å²) in [6, 6.07) is 4.64. The van der Waals surface area contributed by atoms with Gasteiger partial charge < -0.3 is 15.6 Å². The van der Waals surface area contributed by atoms with E-state index >= 15 is 0 Å². The molecule has 1 aromatic carbocycles. The Morgan fingerprint density at radius 3 is 2.82 bits per heavy atom. The van der Waals surface area contributed by atoms with Gasteiger partial charge in [0.25, 0.3) is 0 Å². The fourth-order valence-electron chi connectivity index (χ4n) is 2.21. The fraction of sp³-hybridized carbons (Fsp3) is 0.500. The molecule has 2 rings (SSSR count). The van der Waals surface area contributed by atoms with E-state index in [9.17, 15) is 9.50 Å². The van der Waals surface area contributed by atoms with Gasteiger partial charge in [-0.05, 0) is 24.6 Å². The summed E-state index contributed by atoms with van der Waals surface area (Å²) < 4.78 is 19.7. The van der Waals surface area contributed by atoms with Gasteiger partial charge in [0.15, 0.2) is 0 Å². The Bertz CT molecular complexity index is 429. The lowest BCUT2D eigenvalue weighted by Gasteiger charge is -2.30. The van der Waals surface area contributed by atoms with Crippen molar-refractivity contribution in [2.75, 3.05) is 13.7 Å². The van der Waals surface area contributed by atoms with Crippen LogP contribution in [0, 0.1) is 11.7 Å². The van der Waals surface area contributed by atoms with Crippen LogP contribution in [-0.4, -0.2) is 24.9 Å². The van der Waals surface area contributed by atoms with Crippen molar-refractivity contribution < 1.29 is 14.2 Å². The molecule has 0 saturated heterocycles. The summed E-state index contributed by atoms with van der Waals surface area (Å²) in [6.45, 7) is 0.183. The first-order valence-corrected chi connectivity index (χ1v) is 6.19. The van der Waals surface area contributed by atoms with Gasteiger partial charge in [-0.25, -0.2) is 4.39 Å². The minimum Gasteiger partial charge on any atom is -0.393 e. The third-order valence-corrected chi connectivity index (χ3v) is 3.72. The number of hydrogen-bond donors (Lipinski definition) is 2. The topological polar surface area (TPSA) is 55.5 Å². The number of nitrogens with two attached hydrogens (primary N) is 1. The maximum atomic E-state index is 13.9. The fourth-order valence-corrected chi connectivity index (χ4v) is 2.57. The largest absolute Gasteiger partial charge is 0.393 e. The van der Waals surface area contributed by atoms with E-state index in [1.807, 2.05) is 0 Å². The second kappa shape index (κ2) is 4.65. The average Bonchev–Trinajstić information content (AvgIpc) is 3.00. The van der Waals surface area contributed by atoms with Crippen LogP contribution < -0.4 is 5.73 Å². The quantitative estimate of drug-likeness (QED) is 0.891. The number of rotatable bonds is 4. The first kappa shape index (κ1) is 13.0. The molecule has 3 atom stereocenters. The number of aliphatic hydroxyl groups excluding tert-OH is 1. The number of benzene rings is 1. The van der Waals surface area contributed by atoms with E-state index in [-0.39, 0.29) is 18.3 Å². The van der Waals surface area contributed by atoms with Crippen molar-refractivity contribution in [2.24, 2.45) is 11.7 Å². The smallest absolute Gasteiger partial charge is 0.128 e. The highest BCUT2D eigenvalue weighted by molar-refractivity contribution is 9.10. The van der Waals surface area contributed by atoms with E-state index < -0.39 is 11.6 Å². The predicted octanol–water partition coefficient (Wildman–Crippen LogP) is 1.77. The standard InChI is InChI=1S/C12H15BrFNO2/c1-17-6-12(15,9-5-11(9)16)8-4-7(13)2-3-10(8)14/h2-4,9,11,16H,5-6,15H2,1H3/t9-,11+,12+/m0/s1. The van der Waals surface area contributed by atoms with Crippen LogP contribution in [-0.2, 0) is 10.3 Å². The van der Waals surface area contributed by atoms with Crippen LogP contribution in [0.2, 0.25) is 0 Å². The molecule has 0 bridgehead atoms. The molecule has 3 nitrogen and oxygen atoms in total. The molecule has 1 fully saturated rings. The van der Waals surface area contributed by atoms with Crippen molar-refractivity contribution in [2.45, 2.75) is 18.1 Å². The Balaban J connectivity index is 2.41. The molecule has 0 aromatic heterocycles. The lowest BCUT2D eigenvalue weighted by Crippen LogP contribution is -2.45. The highest BCUT2D eigenvalue weighted by atomic mass is 79.9. The van der Waals surface area contributed by atoms with Gasteiger partial charge in [-0.15, -0.1) is 0 Å². The van der Waals surface area contributed by atoms with Gasteiger partial charge in [-0.3, -0.25) is 0 Å². The number of halogens is 2. The Morgan fingerprint density at radius 1 is 1.65 bits per heavy atom. The molecular weight excluding hydrogens is 289 g/mol. The number of hydrogen-bond acceptors (Lipinski definition) is 3. The molecule has 5 heteroatoms. The van der Waals surface area contributed by atoms with E-state index in [1.165, 1.54) is 13.2 Å². The van der Waals surface area contributed by atoms with Crippen LogP contribution in [0.25, 0.3) is 0 Å². The molecule has 0 spiro atoms. The van der Waals surface area contributed by atoms with Gasteiger partial charge in [-0.2, -0.15) is 0 Å². The Hall–Kier alpha value is -0.490. The third kappa shape index (κ3) is 2.38. The molecule has 1 aliphatic rings. The number of methoxy groups -OCH3 is 1. The van der Waals surface area contributed by atoms with Gasteiger partial charge >= 0.3 is 0 Å². The SMILES string of the molecule is COC[C@@](N)(c1cc(Br)ccc1F)[C@H]1C[C@H]1O. The van der Waals surface area contributed by atoms with Crippen molar-refractivity contribution in [1.29, 1.82) is 0 Å². The minimum absolute atomic E-state index is 0.147. The first-order valence-electron chi connectivity index (χ1n) is 5.40. The van der Waals surface area contributed by atoms with Crippen LogP contribution in [0.3, 0.4) is 0 Å². The summed E-state index contributed by atoms with van der Waals surface area (Å²) in [6.07, 6.45) is 0.125. The molecule has 0 unspecified atom stereocenters. The van der Waals surface area contributed by atoms with Gasteiger partial charge in [0.05, 0.1) is 18.2 Å². The molecule has 0 radical (unpaired) electrons. The summed E-state index contributed by atoms with van der Waals surface area (Å²) in [7, 11) is 1.52. The van der Waals surface area contributed by atoms with Gasteiger partial charge in [0, 0.05) is 23.1 Å². The predicted molar refractivity (Wildman–Crippen MR) is 66.0 cm³/mol. The zero-order valence-corrected chi connectivity index (χ0v) is 11.1. The van der Waals surface area contributed by atoms with E-state index in [0.717, 1.165) is 4.47 Å². The maximum Gasteiger partial charge on any atom is 0.128 e. The van der Waals surface area contributed by atoms with Crippen molar-refractivity contribution in [3.05, 3.63) is 34.1 Å². The molecular formula is C12H15BrFNO2. The molecule has 1 aliphatic carbocycles. The van der Waals surface area contributed by atoms with Crippen LogP contribution >= 0.6 is 15.9 Å². The zero-order valence-electron chi connectivity index (χ0n) is 9.49. The highest BCUT2D eigenvalue weighted by Crippen LogP contribution is 2.45. The lowest BCUT2D eigenvalue weighted by molar-refractivity contribution is 0.102. The molecule has 1 saturated carbocycles. The molecule has 3 N–H and O–H groups in total. The van der Waals surface area contributed by atoms with Crippen LogP contribution in [0.5, 0.6) is 0 Å². The van der Waals surface area contributed by atoms with Gasteiger partial charge in [0.2, 0.25) is 0 Å². The Morgan fingerprint density at radius 2 is 2.29 bits per heavy atom. The van der Waals surface area contributed by atoms with Crippen molar-refractivity contribution in [1.82, 2.24) is 0 Å². The monoisotopic (exact) mass is 303 g/mol. The third-order valence-electron chi connectivity index (χ3n) is 3.23. The van der Waals surface area contributed by atoms with Gasteiger partial charge in [0.1, 0.15) is 5.82 Å². The summed E-state index contributed by atoms with van der Waals surface area (Å²) in [4.78, 5) is 0. The van der Waals surface area contributed by atoms with E-state index in [1.54, 1.807) is 12.1 Å². The molecule has 94 valence electrons. The maximum absolute atomic E-state index is 13.9. The van der Waals surface area contributed by atoms with Crippen molar-refractivity contribution in [3.8, 4) is 0 Å². The van der Waals surface area contributed by atoms with E-state index in [2.05, 4.69) is 15.9 Å². The molecule has 17 heavy (non-hydrogen) atoms. The summed E-state index contributed by atoms with van der Waals surface area (Å²) in [5, 5.41) is 9.54. The zero-order chi connectivity index (χ0) is 12.6. The molecule has 0 heterocycles. The second-order valence-corrected chi connectivity index (χ2v) is 5.42. The summed E-state index contributed by atoms with van der Waals surface area (Å²) in [5.41, 5.74) is 5.66. The summed E-state index contributed by atoms with van der Waals surface area (Å²) >= 11 is 3.30. The molecule has 0 aliphatic heterocycles. The average molecular weight is 304 g/mol. The molecule has 0 amide bonds. The van der Waals surface area contributed by atoms with E-state index in [4.69, 9.17) is 10.5 Å². The van der Waals surface area contributed by atoms with Crippen molar-refractivity contribution >= 4 is 15.9 Å². The van der Waals surface area contributed by atoms with Gasteiger partial charge in [-0.1, -0.05) is 15.9 Å². The molecule has 1 aromatic rings. The van der Waals surface area contributed by atoms with Crippen LogP contribution in [0.1, 0.15) is 12.0 Å². The Kier molecular flexibility index (Phi) is 3.54. The minimum atomic E-state index is -0.970. The van der Waals surface area contributed by atoms with Crippen LogP contribution in [0.4, 0.5) is 4.39 Å². The normalized spacial score (nSPS) is 26.6. The van der Waals surface area contributed by atoms with Crippen LogP contribution in [0.15, 0.2) is 22.7 Å². The first-order chi connectivity index (χ1) is 7.99. The van der Waals surface area contributed by atoms with E-state index in [0.29, 0.717) is 12.0 Å². The lowest BCUT2D eigenvalue weighted by atomic mass is 9.86. The number of aliphatic hydroxyl groups is 1. The number of ether oxygens (including phenoxy) is 1. The van der Waals surface area contributed by atoms with Crippen molar-refractivity contribution in [3.63, 3.8) is 0 Å².